The van der Waals surface area contributed by atoms with E-state index in [1.54, 1.807) is 55.5 Å². The molecule has 0 heterocycles. The fourth-order valence-electron chi connectivity index (χ4n) is 3.33. The standard InChI is InChI=1S/C25H28N2O3S/c1-18(2)21-12-10-20(11-13-21)17-26-25(28)22-14-15-24(19(3)16-22)27(4)31(29,30)23-8-6-5-7-9-23/h5-16,18H,17H2,1-4H3,(H,26,28). The van der Waals surface area contributed by atoms with Crippen LogP contribution in [0.5, 0.6) is 0 Å². The van der Waals surface area contributed by atoms with Crippen molar-refractivity contribution in [3.8, 4) is 0 Å². The zero-order valence-corrected chi connectivity index (χ0v) is 19.1. The Morgan fingerprint density at radius 3 is 2.19 bits per heavy atom. The lowest BCUT2D eigenvalue weighted by Crippen LogP contribution is -2.27. The molecular formula is C25H28N2O3S. The van der Waals surface area contributed by atoms with Gasteiger partial charge in [0.25, 0.3) is 15.9 Å². The predicted molar refractivity (Wildman–Crippen MR) is 125 cm³/mol. The van der Waals surface area contributed by atoms with Gasteiger partial charge in [-0.05, 0) is 59.9 Å². The average Bonchev–Trinajstić information content (AvgIpc) is 2.77. The Morgan fingerprint density at radius 1 is 0.968 bits per heavy atom. The summed E-state index contributed by atoms with van der Waals surface area (Å²) >= 11 is 0. The number of anilines is 1. The summed E-state index contributed by atoms with van der Waals surface area (Å²) in [6.07, 6.45) is 0. The maximum Gasteiger partial charge on any atom is 0.264 e. The first-order chi connectivity index (χ1) is 14.7. The Kier molecular flexibility index (Phi) is 6.81. The maximum atomic E-state index is 12.9. The molecule has 0 bridgehead atoms. The van der Waals surface area contributed by atoms with Crippen LogP contribution in [0.3, 0.4) is 0 Å². The largest absolute Gasteiger partial charge is 0.348 e. The summed E-state index contributed by atoms with van der Waals surface area (Å²) in [5, 5.41) is 2.93. The molecule has 5 nitrogen and oxygen atoms in total. The van der Waals surface area contributed by atoms with Gasteiger partial charge in [0, 0.05) is 19.2 Å². The van der Waals surface area contributed by atoms with Gasteiger partial charge < -0.3 is 5.32 Å². The SMILES string of the molecule is Cc1cc(C(=O)NCc2ccc(C(C)C)cc2)ccc1N(C)S(=O)(=O)c1ccccc1. The highest BCUT2D eigenvalue weighted by molar-refractivity contribution is 7.92. The Bertz CT molecular complexity index is 1160. The third-order valence-corrected chi connectivity index (χ3v) is 7.08. The van der Waals surface area contributed by atoms with E-state index < -0.39 is 10.0 Å². The minimum absolute atomic E-state index is 0.198. The van der Waals surface area contributed by atoms with Gasteiger partial charge in [0.05, 0.1) is 10.6 Å². The van der Waals surface area contributed by atoms with Gasteiger partial charge in [0.15, 0.2) is 0 Å². The van der Waals surface area contributed by atoms with Crippen molar-refractivity contribution in [1.29, 1.82) is 0 Å². The summed E-state index contributed by atoms with van der Waals surface area (Å²) < 4.78 is 27.0. The highest BCUT2D eigenvalue weighted by Gasteiger charge is 2.22. The lowest BCUT2D eigenvalue weighted by atomic mass is 10.0. The Balaban J connectivity index is 1.72. The second-order valence-electron chi connectivity index (χ2n) is 7.87. The molecule has 0 saturated carbocycles. The maximum absolute atomic E-state index is 12.9. The summed E-state index contributed by atoms with van der Waals surface area (Å²) in [5.74, 6) is 0.269. The van der Waals surface area contributed by atoms with Gasteiger partial charge >= 0.3 is 0 Å². The van der Waals surface area contributed by atoms with Crippen LogP contribution in [0.4, 0.5) is 5.69 Å². The van der Waals surface area contributed by atoms with Gasteiger partial charge in [0.1, 0.15) is 0 Å². The summed E-state index contributed by atoms with van der Waals surface area (Å²) in [6.45, 7) is 6.52. The Hall–Kier alpha value is -3.12. The van der Waals surface area contributed by atoms with E-state index in [0.717, 1.165) is 5.56 Å². The second-order valence-corrected chi connectivity index (χ2v) is 9.84. The first-order valence-corrected chi connectivity index (χ1v) is 11.7. The van der Waals surface area contributed by atoms with E-state index in [9.17, 15) is 13.2 Å². The number of hydrogen-bond donors (Lipinski definition) is 1. The fraction of sp³-hybridized carbons (Fsp3) is 0.240. The van der Waals surface area contributed by atoms with Crippen molar-refractivity contribution in [3.05, 3.63) is 95.1 Å². The molecule has 0 aromatic heterocycles. The first-order valence-electron chi connectivity index (χ1n) is 10.2. The summed E-state index contributed by atoms with van der Waals surface area (Å²) in [6, 6.07) is 21.5. The number of amides is 1. The summed E-state index contributed by atoms with van der Waals surface area (Å²) in [7, 11) is -2.15. The number of carbonyl (C=O) groups excluding carboxylic acids is 1. The van der Waals surface area contributed by atoms with E-state index in [0.29, 0.717) is 29.3 Å². The highest BCUT2D eigenvalue weighted by atomic mass is 32.2. The zero-order valence-electron chi connectivity index (χ0n) is 18.3. The fourth-order valence-corrected chi connectivity index (χ4v) is 4.62. The van der Waals surface area contributed by atoms with Crippen LogP contribution in [0, 0.1) is 6.92 Å². The molecule has 0 aliphatic rings. The molecule has 0 radical (unpaired) electrons. The zero-order chi connectivity index (χ0) is 22.6. The van der Waals surface area contributed by atoms with Crippen LogP contribution in [-0.4, -0.2) is 21.4 Å². The smallest absolute Gasteiger partial charge is 0.264 e. The first kappa shape index (κ1) is 22.6. The van der Waals surface area contributed by atoms with Crippen molar-refractivity contribution in [2.45, 2.75) is 38.1 Å². The normalized spacial score (nSPS) is 11.4. The topological polar surface area (TPSA) is 66.5 Å². The van der Waals surface area contributed by atoms with Gasteiger partial charge in [-0.25, -0.2) is 8.42 Å². The third kappa shape index (κ3) is 5.14. The number of hydrogen-bond acceptors (Lipinski definition) is 3. The van der Waals surface area contributed by atoms with E-state index in [-0.39, 0.29) is 10.8 Å². The molecule has 1 amide bonds. The summed E-state index contributed by atoms with van der Waals surface area (Å²) in [4.78, 5) is 12.8. The van der Waals surface area contributed by atoms with Crippen LogP contribution in [0.2, 0.25) is 0 Å². The van der Waals surface area contributed by atoms with Crippen LogP contribution >= 0.6 is 0 Å². The molecule has 0 unspecified atom stereocenters. The molecular weight excluding hydrogens is 408 g/mol. The number of nitrogens with zero attached hydrogens (tertiary/aromatic N) is 1. The van der Waals surface area contributed by atoms with Crippen LogP contribution < -0.4 is 9.62 Å². The van der Waals surface area contributed by atoms with Gasteiger partial charge in [-0.15, -0.1) is 0 Å². The monoisotopic (exact) mass is 436 g/mol. The molecule has 31 heavy (non-hydrogen) atoms. The average molecular weight is 437 g/mol. The van der Waals surface area contributed by atoms with Crippen molar-refractivity contribution in [2.24, 2.45) is 0 Å². The minimum atomic E-state index is -3.67. The van der Waals surface area contributed by atoms with Crippen LogP contribution in [0.15, 0.2) is 77.7 Å². The van der Waals surface area contributed by atoms with Crippen molar-refractivity contribution >= 4 is 21.6 Å². The Morgan fingerprint density at radius 2 is 1.61 bits per heavy atom. The van der Waals surface area contributed by atoms with E-state index in [1.165, 1.54) is 16.9 Å². The van der Waals surface area contributed by atoms with Gasteiger partial charge in [-0.1, -0.05) is 56.3 Å². The molecule has 3 aromatic carbocycles. The van der Waals surface area contributed by atoms with E-state index in [2.05, 4.69) is 31.3 Å². The van der Waals surface area contributed by atoms with E-state index >= 15 is 0 Å². The molecule has 3 rings (SSSR count). The van der Waals surface area contributed by atoms with Crippen molar-refractivity contribution in [2.75, 3.05) is 11.4 Å². The van der Waals surface area contributed by atoms with Crippen molar-refractivity contribution in [1.82, 2.24) is 5.32 Å². The van der Waals surface area contributed by atoms with Crippen molar-refractivity contribution in [3.63, 3.8) is 0 Å². The minimum Gasteiger partial charge on any atom is -0.348 e. The van der Waals surface area contributed by atoms with Crippen LogP contribution in [0.1, 0.15) is 46.8 Å². The highest BCUT2D eigenvalue weighted by Crippen LogP contribution is 2.26. The molecule has 0 atom stereocenters. The molecule has 3 aromatic rings. The Labute approximate surface area is 184 Å². The van der Waals surface area contributed by atoms with E-state index in [4.69, 9.17) is 0 Å². The molecule has 162 valence electrons. The number of aryl methyl sites for hydroxylation is 1. The molecule has 0 saturated heterocycles. The van der Waals surface area contributed by atoms with Crippen LogP contribution in [0.25, 0.3) is 0 Å². The predicted octanol–water partition coefficient (Wildman–Crippen LogP) is 4.87. The molecule has 0 aliphatic carbocycles. The number of rotatable bonds is 7. The van der Waals surface area contributed by atoms with Gasteiger partial charge in [0.2, 0.25) is 0 Å². The lowest BCUT2D eigenvalue weighted by Gasteiger charge is -2.22. The van der Waals surface area contributed by atoms with Gasteiger partial charge in [-0.2, -0.15) is 0 Å². The molecule has 6 heteroatoms. The third-order valence-electron chi connectivity index (χ3n) is 5.30. The summed E-state index contributed by atoms with van der Waals surface area (Å²) in [5.41, 5.74) is 4.02. The molecule has 0 spiro atoms. The quantitative estimate of drug-likeness (QED) is 0.574. The number of nitrogens with one attached hydrogen (secondary N) is 1. The van der Waals surface area contributed by atoms with Crippen molar-refractivity contribution < 1.29 is 13.2 Å². The number of carbonyl (C=O) groups is 1. The molecule has 0 fully saturated rings. The van der Waals surface area contributed by atoms with Gasteiger partial charge in [-0.3, -0.25) is 9.10 Å². The molecule has 0 aliphatic heterocycles. The van der Waals surface area contributed by atoms with Crippen LogP contribution in [-0.2, 0) is 16.6 Å². The van der Waals surface area contributed by atoms with E-state index in [1.807, 2.05) is 12.1 Å². The lowest BCUT2D eigenvalue weighted by molar-refractivity contribution is 0.0951. The second kappa shape index (κ2) is 9.35. The number of sulfonamides is 1. The number of benzene rings is 3. The molecule has 1 N–H and O–H groups in total.